The molecule has 15 heavy (non-hydrogen) atoms. The first-order valence-electron chi connectivity index (χ1n) is 5.10. The van der Waals surface area contributed by atoms with Crippen molar-refractivity contribution < 1.29 is 9.90 Å². The van der Waals surface area contributed by atoms with Crippen LogP contribution in [0.4, 0.5) is 0 Å². The van der Waals surface area contributed by atoms with Crippen LogP contribution in [-0.2, 0) is 4.79 Å². The third kappa shape index (κ3) is 3.59. The average Bonchev–Trinajstić information content (AvgIpc) is 2.26. The molecular formula is C12H16O2S. The smallest absolute Gasteiger partial charge is 0.310 e. The number of carboxylic acid groups (broad SMARTS) is 1. The molecule has 82 valence electrons. The Bertz CT molecular complexity index is 319. The number of hydrogen-bond donors (Lipinski definition) is 1. The van der Waals surface area contributed by atoms with Gasteiger partial charge in [-0.3, -0.25) is 4.79 Å². The summed E-state index contributed by atoms with van der Waals surface area (Å²) in [6, 6.07) is 7.79. The van der Waals surface area contributed by atoms with Crippen molar-refractivity contribution in [2.24, 2.45) is 0 Å². The first-order chi connectivity index (χ1) is 7.15. The third-order valence-corrected chi connectivity index (χ3v) is 3.44. The average molecular weight is 224 g/mol. The summed E-state index contributed by atoms with van der Waals surface area (Å²) in [5.74, 6) is -0.0902. The Hall–Kier alpha value is -0.960. The number of rotatable bonds is 5. The van der Waals surface area contributed by atoms with Gasteiger partial charge in [-0.25, -0.2) is 0 Å². The molecule has 1 unspecified atom stereocenters. The second kappa shape index (κ2) is 5.81. The standard InChI is InChI=1S/C12H16O2S/c1-3-8-15-11-6-4-10(5-7-11)9(2)12(13)14/h4-7,9H,3,8H2,1-2H3,(H,13,14). The summed E-state index contributed by atoms with van der Waals surface area (Å²) in [6.07, 6.45) is 1.15. The summed E-state index contributed by atoms with van der Waals surface area (Å²) in [4.78, 5) is 12.0. The molecule has 0 amide bonds. The Morgan fingerprint density at radius 3 is 2.47 bits per heavy atom. The lowest BCUT2D eigenvalue weighted by Gasteiger charge is -2.07. The van der Waals surface area contributed by atoms with Crippen LogP contribution in [0, 0.1) is 0 Å². The van der Waals surface area contributed by atoms with Gasteiger partial charge in [-0.15, -0.1) is 11.8 Å². The van der Waals surface area contributed by atoms with Gasteiger partial charge in [-0.05, 0) is 36.8 Å². The van der Waals surface area contributed by atoms with E-state index in [0.717, 1.165) is 17.7 Å². The lowest BCUT2D eigenvalue weighted by molar-refractivity contribution is -0.138. The van der Waals surface area contributed by atoms with E-state index in [-0.39, 0.29) is 0 Å². The maximum atomic E-state index is 10.8. The quantitative estimate of drug-likeness (QED) is 0.779. The highest BCUT2D eigenvalue weighted by Gasteiger charge is 2.12. The fourth-order valence-electron chi connectivity index (χ4n) is 1.22. The van der Waals surface area contributed by atoms with Crippen molar-refractivity contribution in [2.75, 3.05) is 5.75 Å². The number of benzene rings is 1. The van der Waals surface area contributed by atoms with Gasteiger partial charge in [0.2, 0.25) is 0 Å². The summed E-state index contributed by atoms with van der Waals surface area (Å²) in [5, 5.41) is 8.84. The zero-order valence-electron chi connectivity index (χ0n) is 9.06. The molecule has 1 aromatic rings. The molecule has 0 aromatic heterocycles. The van der Waals surface area contributed by atoms with Crippen molar-refractivity contribution in [3.8, 4) is 0 Å². The number of carboxylic acids is 1. The van der Waals surface area contributed by atoms with E-state index >= 15 is 0 Å². The molecule has 0 aliphatic heterocycles. The number of thioether (sulfide) groups is 1. The Morgan fingerprint density at radius 2 is 2.00 bits per heavy atom. The molecule has 3 heteroatoms. The van der Waals surface area contributed by atoms with Gasteiger partial charge >= 0.3 is 5.97 Å². The first-order valence-corrected chi connectivity index (χ1v) is 6.09. The minimum Gasteiger partial charge on any atom is -0.481 e. The summed E-state index contributed by atoms with van der Waals surface area (Å²) in [5.41, 5.74) is 0.864. The van der Waals surface area contributed by atoms with Gasteiger partial charge in [0.1, 0.15) is 0 Å². The summed E-state index contributed by atoms with van der Waals surface area (Å²) < 4.78 is 0. The van der Waals surface area contributed by atoms with E-state index in [9.17, 15) is 4.79 Å². The number of hydrogen-bond acceptors (Lipinski definition) is 2. The maximum Gasteiger partial charge on any atom is 0.310 e. The van der Waals surface area contributed by atoms with Gasteiger partial charge in [0.15, 0.2) is 0 Å². The predicted octanol–water partition coefficient (Wildman–Crippen LogP) is 3.38. The van der Waals surface area contributed by atoms with Gasteiger partial charge in [-0.1, -0.05) is 19.1 Å². The van der Waals surface area contributed by atoms with E-state index in [1.165, 1.54) is 4.90 Å². The van der Waals surface area contributed by atoms with Crippen LogP contribution in [-0.4, -0.2) is 16.8 Å². The fraction of sp³-hybridized carbons (Fsp3) is 0.417. The minimum absolute atomic E-state index is 0.421. The van der Waals surface area contributed by atoms with Crippen molar-refractivity contribution in [1.29, 1.82) is 0 Å². The highest BCUT2D eigenvalue weighted by Crippen LogP contribution is 2.22. The van der Waals surface area contributed by atoms with Crippen LogP contribution >= 0.6 is 11.8 Å². The van der Waals surface area contributed by atoms with Crippen LogP contribution in [0.5, 0.6) is 0 Å². The van der Waals surface area contributed by atoms with Gasteiger partial charge in [0, 0.05) is 4.90 Å². The van der Waals surface area contributed by atoms with E-state index in [1.807, 2.05) is 24.3 Å². The Labute approximate surface area is 94.7 Å². The number of carbonyl (C=O) groups is 1. The van der Waals surface area contributed by atoms with E-state index in [2.05, 4.69) is 6.92 Å². The minimum atomic E-state index is -0.774. The van der Waals surface area contributed by atoms with Gasteiger partial charge in [0.05, 0.1) is 5.92 Å². The fourth-order valence-corrected chi connectivity index (χ4v) is 1.98. The lowest BCUT2D eigenvalue weighted by atomic mass is 10.0. The Kier molecular flexibility index (Phi) is 4.69. The van der Waals surface area contributed by atoms with Crippen molar-refractivity contribution in [3.63, 3.8) is 0 Å². The zero-order chi connectivity index (χ0) is 11.3. The van der Waals surface area contributed by atoms with E-state index in [4.69, 9.17) is 5.11 Å². The molecule has 0 radical (unpaired) electrons. The maximum absolute atomic E-state index is 10.8. The van der Waals surface area contributed by atoms with Crippen LogP contribution in [0.3, 0.4) is 0 Å². The monoisotopic (exact) mass is 224 g/mol. The van der Waals surface area contributed by atoms with Gasteiger partial charge in [0.25, 0.3) is 0 Å². The van der Waals surface area contributed by atoms with Crippen molar-refractivity contribution in [2.45, 2.75) is 31.1 Å². The lowest BCUT2D eigenvalue weighted by Crippen LogP contribution is -2.06. The largest absolute Gasteiger partial charge is 0.481 e. The predicted molar refractivity (Wildman–Crippen MR) is 63.5 cm³/mol. The van der Waals surface area contributed by atoms with E-state index < -0.39 is 11.9 Å². The van der Waals surface area contributed by atoms with Crippen LogP contribution in [0.1, 0.15) is 31.7 Å². The highest BCUT2D eigenvalue weighted by molar-refractivity contribution is 7.99. The molecule has 0 fully saturated rings. The van der Waals surface area contributed by atoms with E-state index in [0.29, 0.717) is 0 Å². The second-order valence-electron chi connectivity index (χ2n) is 3.48. The first kappa shape index (κ1) is 12.1. The molecule has 0 aliphatic carbocycles. The molecule has 2 nitrogen and oxygen atoms in total. The molecule has 1 aromatic carbocycles. The summed E-state index contributed by atoms with van der Waals surface area (Å²) in [7, 11) is 0. The van der Waals surface area contributed by atoms with Crippen LogP contribution in [0.2, 0.25) is 0 Å². The summed E-state index contributed by atoms with van der Waals surface area (Å²) in [6.45, 7) is 3.85. The number of aliphatic carboxylic acids is 1. The second-order valence-corrected chi connectivity index (χ2v) is 4.65. The molecule has 0 spiro atoms. The molecule has 1 N–H and O–H groups in total. The normalized spacial score (nSPS) is 12.4. The van der Waals surface area contributed by atoms with Crippen LogP contribution in [0.25, 0.3) is 0 Å². The molecule has 0 saturated carbocycles. The molecular weight excluding hydrogens is 208 g/mol. The highest BCUT2D eigenvalue weighted by atomic mass is 32.2. The van der Waals surface area contributed by atoms with Gasteiger partial charge < -0.3 is 5.11 Å². The zero-order valence-corrected chi connectivity index (χ0v) is 9.88. The Morgan fingerprint density at radius 1 is 1.40 bits per heavy atom. The molecule has 0 heterocycles. The topological polar surface area (TPSA) is 37.3 Å². The molecule has 0 bridgehead atoms. The molecule has 1 atom stereocenters. The SMILES string of the molecule is CCCSc1ccc(C(C)C(=O)O)cc1. The van der Waals surface area contributed by atoms with Crippen molar-refractivity contribution in [1.82, 2.24) is 0 Å². The molecule has 0 aliphatic rings. The summed E-state index contributed by atoms with van der Waals surface area (Å²) >= 11 is 1.80. The van der Waals surface area contributed by atoms with Gasteiger partial charge in [-0.2, -0.15) is 0 Å². The molecule has 0 saturated heterocycles. The third-order valence-electron chi connectivity index (χ3n) is 2.22. The van der Waals surface area contributed by atoms with Crippen LogP contribution in [0.15, 0.2) is 29.2 Å². The van der Waals surface area contributed by atoms with Crippen molar-refractivity contribution >= 4 is 17.7 Å². The Balaban J connectivity index is 2.67. The van der Waals surface area contributed by atoms with E-state index in [1.54, 1.807) is 18.7 Å². The molecule has 1 rings (SSSR count). The van der Waals surface area contributed by atoms with Crippen molar-refractivity contribution in [3.05, 3.63) is 29.8 Å². The van der Waals surface area contributed by atoms with Crippen LogP contribution < -0.4 is 0 Å².